The molecule has 0 aliphatic rings. The molecule has 1 aromatic carbocycles. The first-order valence-corrected chi connectivity index (χ1v) is 5.31. The van der Waals surface area contributed by atoms with E-state index in [0.29, 0.717) is 6.42 Å². The summed E-state index contributed by atoms with van der Waals surface area (Å²) >= 11 is 0. The molecule has 0 amide bonds. The maximum absolute atomic E-state index is 10.3. The molecule has 0 aromatic heterocycles. The number of nitrogens with one attached hydrogen (secondary N) is 1. The average molecular weight is 219 g/mol. The van der Waals surface area contributed by atoms with Crippen LogP contribution >= 0.6 is 0 Å². The lowest BCUT2D eigenvalue weighted by Crippen LogP contribution is -1.96. The van der Waals surface area contributed by atoms with Crippen molar-refractivity contribution in [2.75, 3.05) is 5.32 Å². The number of carboxylic acids is 1. The first-order valence-electron chi connectivity index (χ1n) is 5.31. The van der Waals surface area contributed by atoms with Gasteiger partial charge in [0.15, 0.2) is 0 Å². The number of benzene rings is 1. The minimum absolute atomic E-state index is 0.228. The van der Waals surface area contributed by atoms with Crippen LogP contribution in [-0.4, -0.2) is 11.1 Å². The lowest BCUT2D eigenvalue weighted by molar-refractivity contribution is -0.137. The molecule has 0 spiro atoms. The summed E-state index contributed by atoms with van der Waals surface area (Å²) in [6.45, 7) is 5.67. The van der Waals surface area contributed by atoms with Crippen molar-refractivity contribution in [3.63, 3.8) is 0 Å². The van der Waals surface area contributed by atoms with Crippen LogP contribution in [-0.2, 0) is 11.2 Å². The third-order valence-electron chi connectivity index (χ3n) is 2.17. The van der Waals surface area contributed by atoms with E-state index in [4.69, 9.17) is 5.11 Å². The van der Waals surface area contributed by atoms with Crippen LogP contribution in [0.5, 0.6) is 0 Å². The van der Waals surface area contributed by atoms with Crippen LogP contribution in [0.3, 0.4) is 0 Å². The molecule has 0 atom stereocenters. The maximum atomic E-state index is 10.3. The van der Waals surface area contributed by atoms with Crippen molar-refractivity contribution < 1.29 is 9.90 Å². The van der Waals surface area contributed by atoms with E-state index in [-0.39, 0.29) is 6.42 Å². The summed E-state index contributed by atoms with van der Waals surface area (Å²) in [5, 5.41) is 11.6. The van der Waals surface area contributed by atoms with Gasteiger partial charge in [-0.1, -0.05) is 18.7 Å². The normalized spacial score (nSPS) is 9.81. The second-order valence-corrected chi connectivity index (χ2v) is 3.85. The number of rotatable bonds is 6. The summed E-state index contributed by atoms with van der Waals surface area (Å²) in [4.78, 5) is 10.3. The fraction of sp³-hybridized carbons (Fsp3) is 0.308. The molecule has 86 valence electrons. The van der Waals surface area contributed by atoms with Gasteiger partial charge in [-0.15, -0.1) is 0 Å². The van der Waals surface area contributed by atoms with Crippen LogP contribution in [0.25, 0.3) is 0 Å². The van der Waals surface area contributed by atoms with E-state index in [1.54, 1.807) is 0 Å². The van der Waals surface area contributed by atoms with Gasteiger partial charge in [0.25, 0.3) is 0 Å². The van der Waals surface area contributed by atoms with Gasteiger partial charge in [0, 0.05) is 17.8 Å². The fourth-order valence-electron chi connectivity index (χ4n) is 1.44. The van der Waals surface area contributed by atoms with Crippen molar-refractivity contribution in [3.05, 3.63) is 42.1 Å². The SMILES string of the molecule is C=C(C)Nc1ccc(CCCC(=O)O)cc1. The van der Waals surface area contributed by atoms with Gasteiger partial charge in [-0.05, 0) is 37.5 Å². The van der Waals surface area contributed by atoms with Crippen molar-refractivity contribution >= 4 is 11.7 Å². The number of hydrogen-bond donors (Lipinski definition) is 2. The van der Waals surface area contributed by atoms with Crippen LogP contribution in [0, 0.1) is 0 Å². The summed E-state index contributed by atoms with van der Waals surface area (Å²) in [5.74, 6) is -0.736. The van der Waals surface area contributed by atoms with E-state index in [1.165, 1.54) is 0 Å². The summed E-state index contributed by atoms with van der Waals surface area (Å²) in [5.41, 5.74) is 3.07. The van der Waals surface area contributed by atoms with E-state index in [1.807, 2.05) is 31.2 Å². The molecular formula is C13H17NO2. The van der Waals surface area contributed by atoms with Crippen molar-refractivity contribution in [2.45, 2.75) is 26.2 Å². The third-order valence-corrected chi connectivity index (χ3v) is 2.17. The summed E-state index contributed by atoms with van der Waals surface area (Å²) in [7, 11) is 0. The predicted molar refractivity (Wildman–Crippen MR) is 65.5 cm³/mol. The second-order valence-electron chi connectivity index (χ2n) is 3.85. The molecule has 0 heterocycles. The van der Waals surface area contributed by atoms with Gasteiger partial charge in [-0.3, -0.25) is 4.79 Å². The van der Waals surface area contributed by atoms with Gasteiger partial charge < -0.3 is 10.4 Å². The van der Waals surface area contributed by atoms with E-state index in [9.17, 15) is 4.79 Å². The monoisotopic (exact) mass is 219 g/mol. The third kappa shape index (κ3) is 4.64. The van der Waals surface area contributed by atoms with Gasteiger partial charge in [0.1, 0.15) is 0 Å². The Morgan fingerprint density at radius 1 is 1.38 bits per heavy atom. The summed E-state index contributed by atoms with van der Waals surface area (Å²) in [6, 6.07) is 7.97. The molecule has 1 rings (SSSR count). The highest BCUT2D eigenvalue weighted by Gasteiger charge is 1.98. The first-order chi connectivity index (χ1) is 7.58. The highest BCUT2D eigenvalue weighted by atomic mass is 16.4. The molecule has 0 aliphatic heterocycles. The number of carbonyl (C=O) groups is 1. The molecular weight excluding hydrogens is 202 g/mol. The Kier molecular flexibility index (Phi) is 4.58. The van der Waals surface area contributed by atoms with Crippen LogP contribution in [0.2, 0.25) is 0 Å². The number of carboxylic acid groups (broad SMARTS) is 1. The zero-order valence-corrected chi connectivity index (χ0v) is 9.49. The Morgan fingerprint density at radius 2 is 2.00 bits per heavy atom. The van der Waals surface area contributed by atoms with Crippen LogP contribution < -0.4 is 5.32 Å². The predicted octanol–water partition coefficient (Wildman–Crippen LogP) is 3.04. The molecule has 16 heavy (non-hydrogen) atoms. The molecule has 0 fully saturated rings. The molecule has 0 aliphatic carbocycles. The summed E-state index contributed by atoms with van der Waals surface area (Å²) in [6.07, 6.45) is 1.72. The molecule has 1 aromatic rings. The number of aryl methyl sites for hydroxylation is 1. The minimum Gasteiger partial charge on any atom is -0.481 e. The zero-order chi connectivity index (χ0) is 12.0. The van der Waals surface area contributed by atoms with Crippen LogP contribution in [0.1, 0.15) is 25.3 Å². The zero-order valence-electron chi connectivity index (χ0n) is 9.49. The number of hydrogen-bond acceptors (Lipinski definition) is 2. The van der Waals surface area contributed by atoms with Crippen molar-refractivity contribution in [2.24, 2.45) is 0 Å². The standard InChI is InChI=1S/C13H17NO2/c1-10(2)14-12-8-6-11(7-9-12)4-3-5-13(15)16/h6-9,14H,1,3-5H2,2H3,(H,15,16). The lowest BCUT2D eigenvalue weighted by atomic mass is 10.1. The molecule has 3 nitrogen and oxygen atoms in total. The highest BCUT2D eigenvalue weighted by Crippen LogP contribution is 2.13. The Balaban J connectivity index is 2.45. The molecule has 0 saturated carbocycles. The smallest absolute Gasteiger partial charge is 0.303 e. The van der Waals surface area contributed by atoms with Gasteiger partial charge in [-0.25, -0.2) is 0 Å². The Hall–Kier alpha value is -1.77. The topological polar surface area (TPSA) is 49.3 Å². The van der Waals surface area contributed by atoms with Crippen LogP contribution in [0.4, 0.5) is 5.69 Å². The molecule has 2 N–H and O–H groups in total. The second kappa shape index (κ2) is 5.95. The van der Waals surface area contributed by atoms with Crippen molar-refractivity contribution in [1.82, 2.24) is 0 Å². The number of anilines is 1. The lowest BCUT2D eigenvalue weighted by Gasteiger charge is -2.06. The fourth-order valence-corrected chi connectivity index (χ4v) is 1.44. The molecule has 0 unspecified atom stereocenters. The Morgan fingerprint density at radius 3 is 2.50 bits per heavy atom. The van der Waals surface area contributed by atoms with Crippen molar-refractivity contribution in [1.29, 1.82) is 0 Å². The quantitative estimate of drug-likeness (QED) is 0.773. The molecule has 0 bridgehead atoms. The van der Waals surface area contributed by atoms with E-state index in [0.717, 1.165) is 23.4 Å². The first kappa shape index (κ1) is 12.3. The Labute approximate surface area is 95.8 Å². The van der Waals surface area contributed by atoms with Gasteiger partial charge >= 0.3 is 5.97 Å². The maximum Gasteiger partial charge on any atom is 0.303 e. The van der Waals surface area contributed by atoms with Crippen molar-refractivity contribution in [3.8, 4) is 0 Å². The highest BCUT2D eigenvalue weighted by molar-refractivity contribution is 5.66. The van der Waals surface area contributed by atoms with Crippen LogP contribution in [0.15, 0.2) is 36.5 Å². The summed E-state index contributed by atoms with van der Waals surface area (Å²) < 4.78 is 0. The number of allylic oxidation sites excluding steroid dienone is 1. The molecule has 0 radical (unpaired) electrons. The molecule has 0 saturated heterocycles. The van der Waals surface area contributed by atoms with E-state index >= 15 is 0 Å². The van der Waals surface area contributed by atoms with Gasteiger partial charge in [0.2, 0.25) is 0 Å². The largest absolute Gasteiger partial charge is 0.481 e. The van der Waals surface area contributed by atoms with Gasteiger partial charge in [-0.2, -0.15) is 0 Å². The van der Waals surface area contributed by atoms with Gasteiger partial charge in [0.05, 0.1) is 0 Å². The number of aliphatic carboxylic acids is 1. The van der Waals surface area contributed by atoms with E-state index < -0.39 is 5.97 Å². The minimum atomic E-state index is -0.736. The average Bonchev–Trinajstić information content (AvgIpc) is 2.19. The molecule has 3 heteroatoms. The Bertz CT molecular complexity index is 368. The van der Waals surface area contributed by atoms with E-state index in [2.05, 4.69) is 11.9 Å².